The van der Waals surface area contributed by atoms with Gasteiger partial charge in [-0.1, -0.05) is 32.1 Å². The van der Waals surface area contributed by atoms with Crippen molar-refractivity contribution in [2.75, 3.05) is 5.75 Å². The van der Waals surface area contributed by atoms with Gasteiger partial charge in [0, 0.05) is 32.7 Å². The van der Waals surface area contributed by atoms with E-state index in [1.54, 1.807) is 0 Å². The van der Waals surface area contributed by atoms with Crippen molar-refractivity contribution in [3.05, 3.63) is 0 Å². The van der Waals surface area contributed by atoms with Crippen LogP contribution < -0.4 is 0 Å². The molecule has 0 saturated carbocycles. The molecule has 0 spiro atoms. The molecular weight excluding hydrogens is 233 g/mol. The van der Waals surface area contributed by atoms with Gasteiger partial charge in [-0.25, -0.2) is 0 Å². The van der Waals surface area contributed by atoms with Crippen LogP contribution in [-0.4, -0.2) is 12.0 Å². The third kappa shape index (κ3) is 9.03. The molecule has 0 saturated heterocycles. The summed E-state index contributed by atoms with van der Waals surface area (Å²) in [5, 5.41) is 0. The topological polar surface area (TPSA) is 17.1 Å². The van der Waals surface area contributed by atoms with Gasteiger partial charge in [-0.2, -0.15) is 12.6 Å². The number of carbonyl (C=O) groups excluding carboxylic acids is 1. The van der Waals surface area contributed by atoms with Crippen LogP contribution in [0.2, 0.25) is 0 Å². The van der Waals surface area contributed by atoms with Crippen LogP contribution in [0.5, 0.6) is 0 Å². The second kappa shape index (κ2) is 11.1. The van der Waals surface area contributed by atoms with Crippen molar-refractivity contribution in [1.29, 1.82) is 0 Å². The van der Waals surface area contributed by atoms with Gasteiger partial charge in [0.05, 0.1) is 0 Å². The largest absolute Gasteiger partial charge is 0.542 e. The molecule has 0 aliphatic carbocycles. The maximum atomic E-state index is 9.98. The van der Waals surface area contributed by atoms with Gasteiger partial charge in [0.2, 0.25) is 0 Å². The van der Waals surface area contributed by atoms with Crippen molar-refractivity contribution in [2.24, 2.45) is 5.92 Å². The predicted octanol–water partition coefficient (Wildman–Crippen LogP) is 2.22. The van der Waals surface area contributed by atoms with E-state index in [9.17, 15) is 4.79 Å². The van der Waals surface area contributed by atoms with Gasteiger partial charge in [0.25, 0.3) is 0 Å². The van der Waals surface area contributed by atoms with E-state index in [1.165, 1.54) is 12.8 Å². The van der Waals surface area contributed by atoms with Crippen LogP contribution in [0.3, 0.4) is 0 Å². The first-order chi connectivity index (χ1) is 4.85. The van der Waals surface area contributed by atoms with Crippen LogP contribution in [0.1, 0.15) is 32.6 Å². The summed E-state index contributed by atoms with van der Waals surface area (Å²) in [6, 6.07) is 0. The fourth-order valence-corrected chi connectivity index (χ4v) is 1.18. The third-order valence-electron chi connectivity index (χ3n) is 1.60. The SMILES string of the molecule is CCCCC(CS)C[C-]=O.[Y]. The maximum Gasteiger partial charge on any atom is 0 e. The van der Waals surface area contributed by atoms with Gasteiger partial charge < -0.3 is 4.79 Å². The molecule has 1 nitrogen and oxygen atoms in total. The van der Waals surface area contributed by atoms with Crippen LogP contribution in [0.4, 0.5) is 0 Å². The van der Waals surface area contributed by atoms with E-state index in [-0.39, 0.29) is 32.7 Å². The van der Waals surface area contributed by atoms with Gasteiger partial charge in [0.15, 0.2) is 0 Å². The van der Waals surface area contributed by atoms with E-state index >= 15 is 0 Å². The van der Waals surface area contributed by atoms with Crippen LogP contribution in [0, 0.1) is 5.92 Å². The quantitative estimate of drug-likeness (QED) is 0.563. The monoisotopic (exact) mass is 248 g/mol. The Morgan fingerprint density at radius 3 is 2.55 bits per heavy atom. The molecule has 0 heterocycles. The summed E-state index contributed by atoms with van der Waals surface area (Å²) >= 11 is 4.14. The minimum atomic E-state index is 0. The Labute approximate surface area is 100.0 Å². The molecule has 0 aromatic heterocycles. The smallest absolute Gasteiger partial charge is 0 e. The summed E-state index contributed by atoms with van der Waals surface area (Å²) < 4.78 is 0. The molecule has 0 aliphatic heterocycles. The van der Waals surface area contributed by atoms with E-state index in [2.05, 4.69) is 19.6 Å². The molecule has 3 heteroatoms. The first-order valence-corrected chi connectivity index (χ1v) is 4.44. The second-order valence-electron chi connectivity index (χ2n) is 2.54. The molecule has 0 aromatic rings. The van der Waals surface area contributed by atoms with Gasteiger partial charge in [-0.05, 0) is 5.75 Å². The standard InChI is InChI=1S/C8H15OS.Y/c1-2-3-4-8(7-10)5-6-9;/h8,10H,2-5,7H2,1H3;/q-1;. The van der Waals surface area contributed by atoms with Gasteiger partial charge in [-0.3, -0.25) is 6.29 Å². The average Bonchev–Trinajstić information content (AvgIpc) is 1.98. The summed E-state index contributed by atoms with van der Waals surface area (Å²) in [6.45, 7) is 2.15. The van der Waals surface area contributed by atoms with E-state index < -0.39 is 0 Å². The molecule has 1 unspecified atom stereocenters. The molecule has 0 bridgehead atoms. The molecule has 0 aromatic carbocycles. The average molecular weight is 248 g/mol. The number of rotatable bonds is 6. The minimum Gasteiger partial charge on any atom is -0.542 e. The molecule has 0 rings (SSSR count). The summed E-state index contributed by atoms with van der Waals surface area (Å²) in [4.78, 5) is 9.98. The zero-order valence-electron chi connectivity index (χ0n) is 7.05. The molecule has 0 fully saturated rings. The molecule has 0 aliphatic rings. The Bertz CT molecular complexity index is 88.2. The number of thiol groups is 1. The second-order valence-corrected chi connectivity index (χ2v) is 2.90. The van der Waals surface area contributed by atoms with Crippen molar-refractivity contribution in [1.82, 2.24) is 0 Å². The van der Waals surface area contributed by atoms with Gasteiger partial charge >= 0.3 is 0 Å². The fraction of sp³-hybridized carbons (Fsp3) is 0.875. The van der Waals surface area contributed by atoms with Gasteiger partial charge in [0.1, 0.15) is 0 Å². The summed E-state index contributed by atoms with van der Waals surface area (Å²) in [6.07, 6.45) is 6.01. The van der Waals surface area contributed by atoms with Crippen LogP contribution >= 0.6 is 12.6 Å². The molecular formula is C8H15OSY-. The van der Waals surface area contributed by atoms with Crippen molar-refractivity contribution < 1.29 is 37.5 Å². The minimum absolute atomic E-state index is 0. The summed E-state index contributed by atoms with van der Waals surface area (Å²) in [5.41, 5.74) is 0. The predicted molar refractivity (Wildman–Crippen MR) is 47.2 cm³/mol. The maximum absolute atomic E-state index is 9.98. The van der Waals surface area contributed by atoms with E-state index in [4.69, 9.17) is 0 Å². The zero-order chi connectivity index (χ0) is 7.82. The number of unbranched alkanes of at least 4 members (excludes halogenated alkanes) is 1. The Kier molecular flexibility index (Phi) is 14.8. The summed E-state index contributed by atoms with van der Waals surface area (Å²) in [5.74, 6) is 1.27. The van der Waals surface area contributed by atoms with E-state index in [0.29, 0.717) is 12.3 Å². The zero-order valence-corrected chi connectivity index (χ0v) is 10.8. The fourth-order valence-electron chi connectivity index (χ4n) is 0.869. The molecule has 1 atom stereocenters. The van der Waals surface area contributed by atoms with Crippen LogP contribution in [0.15, 0.2) is 0 Å². The third-order valence-corrected chi connectivity index (χ3v) is 2.11. The molecule has 11 heavy (non-hydrogen) atoms. The van der Waals surface area contributed by atoms with Gasteiger partial charge in [-0.15, -0.1) is 6.42 Å². The Morgan fingerprint density at radius 2 is 2.18 bits per heavy atom. The number of hydrogen-bond acceptors (Lipinski definition) is 2. The Morgan fingerprint density at radius 1 is 1.55 bits per heavy atom. The Hall–Kier alpha value is 1.12. The van der Waals surface area contributed by atoms with E-state index in [1.807, 2.05) is 6.29 Å². The summed E-state index contributed by atoms with van der Waals surface area (Å²) in [7, 11) is 0. The molecule has 0 amide bonds. The molecule has 1 radical (unpaired) electrons. The van der Waals surface area contributed by atoms with Crippen molar-refractivity contribution in [3.63, 3.8) is 0 Å². The molecule has 63 valence electrons. The normalized spacial score (nSPS) is 11.8. The van der Waals surface area contributed by atoms with Crippen molar-refractivity contribution >= 4 is 18.9 Å². The first kappa shape index (κ1) is 14.6. The van der Waals surface area contributed by atoms with E-state index in [0.717, 1.165) is 12.2 Å². The molecule has 0 N–H and O–H groups in total. The number of hydrogen-bond donors (Lipinski definition) is 1. The Balaban J connectivity index is 0. The van der Waals surface area contributed by atoms with Crippen LogP contribution in [0.25, 0.3) is 0 Å². The van der Waals surface area contributed by atoms with Crippen molar-refractivity contribution in [2.45, 2.75) is 32.6 Å². The van der Waals surface area contributed by atoms with Crippen LogP contribution in [-0.2, 0) is 37.5 Å². The first-order valence-electron chi connectivity index (χ1n) is 3.81. The van der Waals surface area contributed by atoms with Crippen molar-refractivity contribution in [3.8, 4) is 0 Å².